The highest BCUT2D eigenvalue weighted by Gasteiger charge is 2.29. The molecule has 2 aliphatic heterocycles. The van der Waals surface area contributed by atoms with E-state index in [1.54, 1.807) is 40.5 Å². The van der Waals surface area contributed by atoms with Gasteiger partial charge in [0.15, 0.2) is 11.5 Å². The Balaban J connectivity index is 1.23. The topological polar surface area (TPSA) is 97.4 Å². The highest BCUT2D eigenvalue weighted by Crippen LogP contribution is 2.22. The molecule has 2 aliphatic rings. The van der Waals surface area contributed by atoms with E-state index in [9.17, 15) is 9.59 Å². The van der Waals surface area contributed by atoms with E-state index in [1.807, 2.05) is 10.7 Å². The van der Waals surface area contributed by atoms with Crippen LogP contribution in [0.1, 0.15) is 39.4 Å². The Morgan fingerprint density at radius 1 is 0.967 bits per heavy atom. The fraction of sp³-hybridized carbons (Fsp3) is 0.381. The molecule has 0 aliphatic carbocycles. The lowest BCUT2D eigenvalue weighted by atomic mass is 10.1. The quantitative estimate of drug-likeness (QED) is 0.659. The van der Waals surface area contributed by atoms with Crippen molar-refractivity contribution in [3.05, 3.63) is 53.7 Å². The molecule has 0 radical (unpaired) electrons. The van der Waals surface area contributed by atoms with E-state index in [0.717, 1.165) is 37.1 Å². The van der Waals surface area contributed by atoms with E-state index in [1.165, 1.54) is 0 Å². The highest BCUT2D eigenvalue weighted by atomic mass is 16.5. The third-order valence-electron chi connectivity index (χ3n) is 5.74. The Hall–Kier alpha value is -3.49. The van der Waals surface area contributed by atoms with Gasteiger partial charge in [-0.3, -0.25) is 19.3 Å². The van der Waals surface area contributed by atoms with Crippen LogP contribution in [0.3, 0.4) is 0 Å². The summed E-state index contributed by atoms with van der Waals surface area (Å²) >= 11 is 0. The lowest BCUT2D eigenvalue weighted by Gasteiger charge is -2.34. The lowest BCUT2D eigenvalue weighted by Crippen LogP contribution is -2.50. The molecule has 9 heteroatoms. The van der Waals surface area contributed by atoms with Crippen LogP contribution in [-0.2, 0) is 13.0 Å². The molecule has 9 nitrogen and oxygen atoms in total. The van der Waals surface area contributed by atoms with Crippen molar-refractivity contribution in [1.82, 2.24) is 29.7 Å². The summed E-state index contributed by atoms with van der Waals surface area (Å²) in [5, 5.41) is 8.29. The number of piperazine rings is 1. The lowest BCUT2D eigenvalue weighted by molar-refractivity contribution is 0.0529. The maximum absolute atomic E-state index is 13.0. The predicted octanol–water partition coefficient (Wildman–Crippen LogP) is 1.87. The second-order valence-electron chi connectivity index (χ2n) is 7.59. The number of pyridine rings is 1. The van der Waals surface area contributed by atoms with Gasteiger partial charge in [0.25, 0.3) is 11.8 Å². The first-order valence-electron chi connectivity index (χ1n) is 10.2. The van der Waals surface area contributed by atoms with Crippen LogP contribution in [0, 0.1) is 0 Å². The van der Waals surface area contributed by atoms with Gasteiger partial charge in [0.2, 0.25) is 0 Å². The summed E-state index contributed by atoms with van der Waals surface area (Å²) in [7, 11) is 0. The fourth-order valence-electron chi connectivity index (χ4n) is 4.07. The molecule has 0 bridgehead atoms. The minimum Gasteiger partial charge on any atom is -0.355 e. The van der Waals surface area contributed by atoms with Crippen LogP contribution in [0.5, 0.6) is 0 Å². The van der Waals surface area contributed by atoms with E-state index in [-0.39, 0.29) is 17.5 Å². The third kappa shape index (κ3) is 3.36. The zero-order valence-electron chi connectivity index (χ0n) is 16.5. The zero-order chi connectivity index (χ0) is 20.5. The van der Waals surface area contributed by atoms with E-state index < -0.39 is 0 Å². The van der Waals surface area contributed by atoms with Crippen molar-refractivity contribution in [3.8, 4) is 11.3 Å². The second kappa shape index (κ2) is 7.74. The number of nitrogens with zero attached hydrogens (tertiary/aromatic N) is 6. The predicted molar refractivity (Wildman–Crippen MR) is 107 cm³/mol. The van der Waals surface area contributed by atoms with Crippen molar-refractivity contribution >= 4 is 11.8 Å². The standard InChI is InChI=1S/C21H22N6O3/c28-20(16-14-23-27-7-2-1-5-18(16)27)25-8-10-26(11-9-25)21(29)17-12-19(30-24-17)15-4-3-6-22-13-15/h3-4,6,12-14H,1-2,5,7-11H2. The largest absolute Gasteiger partial charge is 0.355 e. The minimum atomic E-state index is -0.191. The molecule has 2 amide bonds. The number of aromatic nitrogens is 4. The van der Waals surface area contributed by atoms with E-state index in [2.05, 4.69) is 15.2 Å². The van der Waals surface area contributed by atoms with Crippen molar-refractivity contribution < 1.29 is 14.1 Å². The van der Waals surface area contributed by atoms with Crippen LogP contribution in [0.2, 0.25) is 0 Å². The molecule has 154 valence electrons. The molecule has 0 atom stereocenters. The van der Waals surface area contributed by atoms with Crippen molar-refractivity contribution in [1.29, 1.82) is 0 Å². The van der Waals surface area contributed by atoms with E-state index in [0.29, 0.717) is 37.5 Å². The highest BCUT2D eigenvalue weighted by molar-refractivity contribution is 5.96. The van der Waals surface area contributed by atoms with Gasteiger partial charge in [-0.2, -0.15) is 5.10 Å². The van der Waals surface area contributed by atoms with Crippen LogP contribution in [0.25, 0.3) is 11.3 Å². The SMILES string of the molecule is O=C(c1cc(-c2cccnc2)on1)N1CCN(C(=O)c2cnn3c2CCCC3)CC1. The molecule has 0 unspecified atom stereocenters. The molecule has 1 fully saturated rings. The van der Waals surface area contributed by atoms with Gasteiger partial charge in [0.05, 0.1) is 17.5 Å². The molecule has 3 aromatic rings. The average molecular weight is 406 g/mol. The number of fused-ring (bicyclic) bond motifs is 1. The summed E-state index contributed by atoms with van der Waals surface area (Å²) in [6.07, 6.45) is 8.11. The third-order valence-corrected chi connectivity index (χ3v) is 5.74. The van der Waals surface area contributed by atoms with Gasteiger partial charge in [-0.05, 0) is 31.4 Å². The first kappa shape index (κ1) is 18.5. The molecule has 1 saturated heterocycles. The molecular formula is C21H22N6O3. The van der Waals surface area contributed by atoms with Gasteiger partial charge in [0.1, 0.15) is 0 Å². The normalized spacial score (nSPS) is 16.4. The number of rotatable bonds is 3. The van der Waals surface area contributed by atoms with Gasteiger partial charge in [-0.1, -0.05) is 5.16 Å². The second-order valence-corrected chi connectivity index (χ2v) is 7.59. The van der Waals surface area contributed by atoms with Crippen molar-refractivity contribution in [2.24, 2.45) is 0 Å². The maximum atomic E-state index is 13.0. The minimum absolute atomic E-state index is 0.00514. The Morgan fingerprint density at radius 3 is 2.53 bits per heavy atom. The van der Waals surface area contributed by atoms with Crippen LogP contribution >= 0.6 is 0 Å². The van der Waals surface area contributed by atoms with Gasteiger partial charge in [-0.15, -0.1) is 0 Å². The first-order chi connectivity index (χ1) is 14.7. The Labute approximate surface area is 173 Å². The van der Waals surface area contributed by atoms with Gasteiger partial charge < -0.3 is 14.3 Å². The number of amides is 2. The zero-order valence-corrected chi connectivity index (χ0v) is 16.5. The maximum Gasteiger partial charge on any atom is 0.276 e. The van der Waals surface area contributed by atoms with Crippen LogP contribution in [0.15, 0.2) is 41.3 Å². The van der Waals surface area contributed by atoms with E-state index in [4.69, 9.17) is 4.52 Å². The summed E-state index contributed by atoms with van der Waals surface area (Å²) in [6, 6.07) is 5.28. The van der Waals surface area contributed by atoms with E-state index >= 15 is 0 Å². The first-order valence-corrected chi connectivity index (χ1v) is 10.2. The Bertz CT molecular complexity index is 1070. The van der Waals surface area contributed by atoms with Crippen molar-refractivity contribution in [3.63, 3.8) is 0 Å². The monoisotopic (exact) mass is 406 g/mol. The number of carbonyl (C=O) groups excluding carboxylic acids is 2. The van der Waals surface area contributed by atoms with Gasteiger partial charge >= 0.3 is 0 Å². The van der Waals surface area contributed by atoms with Crippen molar-refractivity contribution in [2.75, 3.05) is 26.2 Å². The van der Waals surface area contributed by atoms with Crippen molar-refractivity contribution in [2.45, 2.75) is 25.8 Å². The Morgan fingerprint density at radius 2 is 1.77 bits per heavy atom. The summed E-state index contributed by atoms with van der Waals surface area (Å²) < 4.78 is 7.26. The summed E-state index contributed by atoms with van der Waals surface area (Å²) in [6.45, 7) is 2.78. The van der Waals surface area contributed by atoms with Gasteiger partial charge in [-0.25, -0.2) is 0 Å². The molecule has 5 rings (SSSR count). The van der Waals surface area contributed by atoms with Crippen LogP contribution in [-0.4, -0.2) is 67.7 Å². The molecule has 3 aromatic heterocycles. The van der Waals surface area contributed by atoms with Crippen LogP contribution in [0.4, 0.5) is 0 Å². The molecule has 30 heavy (non-hydrogen) atoms. The number of carbonyl (C=O) groups is 2. The average Bonchev–Trinajstić information content (AvgIpc) is 3.47. The summed E-state index contributed by atoms with van der Waals surface area (Å²) in [5.41, 5.74) is 2.77. The van der Waals surface area contributed by atoms with Crippen LogP contribution < -0.4 is 0 Å². The fourth-order valence-corrected chi connectivity index (χ4v) is 4.07. The number of aryl methyl sites for hydroxylation is 1. The molecular weight excluding hydrogens is 384 g/mol. The molecule has 0 spiro atoms. The number of hydrogen-bond acceptors (Lipinski definition) is 6. The molecule has 0 saturated carbocycles. The number of hydrogen-bond donors (Lipinski definition) is 0. The van der Waals surface area contributed by atoms with Gasteiger partial charge in [0, 0.05) is 56.7 Å². The smallest absolute Gasteiger partial charge is 0.276 e. The summed E-state index contributed by atoms with van der Waals surface area (Å²) in [5.74, 6) is 0.320. The Kier molecular flexibility index (Phi) is 4.78. The molecule has 0 aromatic carbocycles. The molecule has 5 heterocycles. The molecule has 0 N–H and O–H groups in total. The summed E-state index contributed by atoms with van der Waals surface area (Å²) in [4.78, 5) is 33.4.